The molecule has 2 heterocycles. The van der Waals surface area contributed by atoms with Crippen LogP contribution in [0.25, 0.3) is 22.2 Å². The Balaban J connectivity index is 2.10. The van der Waals surface area contributed by atoms with Gasteiger partial charge in [0.15, 0.2) is 5.65 Å². The molecule has 2 N–H and O–H groups in total. The number of carbonyl (C=O) groups excluding carboxylic acids is 1. The van der Waals surface area contributed by atoms with Crippen molar-refractivity contribution in [1.82, 2.24) is 9.97 Å². The van der Waals surface area contributed by atoms with Crippen LogP contribution in [0.3, 0.4) is 0 Å². The molecular formula is C23H24FN3O2. The molecule has 6 heteroatoms. The number of nitrogens with zero attached hydrogens (tertiary/aromatic N) is 2. The van der Waals surface area contributed by atoms with E-state index in [4.69, 9.17) is 15.5 Å². The highest BCUT2D eigenvalue weighted by Gasteiger charge is 2.26. The van der Waals surface area contributed by atoms with Crippen molar-refractivity contribution in [3.63, 3.8) is 0 Å². The highest BCUT2D eigenvalue weighted by atomic mass is 19.1. The summed E-state index contributed by atoms with van der Waals surface area (Å²) in [6.07, 6.45) is 5.00. The SMILES string of the molecule is CCOC(=O)c1c(C)nc2nc3c(c(N)c2c1-c1ccc(F)cc1)CCCCC3. The normalized spacial score (nSPS) is 13.8. The fourth-order valence-electron chi connectivity index (χ4n) is 4.14. The van der Waals surface area contributed by atoms with E-state index in [2.05, 4.69) is 4.98 Å². The van der Waals surface area contributed by atoms with E-state index in [0.29, 0.717) is 39.1 Å². The number of halogens is 1. The number of benzene rings is 1. The van der Waals surface area contributed by atoms with Crippen LogP contribution in [0, 0.1) is 12.7 Å². The first-order valence-electron chi connectivity index (χ1n) is 10.1. The largest absolute Gasteiger partial charge is 0.462 e. The Hall–Kier alpha value is -3.02. The number of ether oxygens (including phenoxy) is 1. The van der Waals surface area contributed by atoms with Crippen molar-refractivity contribution in [2.24, 2.45) is 0 Å². The number of hydrogen-bond donors (Lipinski definition) is 1. The van der Waals surface area contributed by atoms with Crippen molar-refractivity contribution >= 4 is 22.7 Å². The van der Waals surface area contributed by atoms with Crippen LogP contribution in [0.4, 0.5) is 10.1 Å². The second-order valence-electron chi connectivity index (χ2n) is 7.38. The van der Waals surface area contributed by atoms with Crippen LogP contribution in [0.1, 0.15) is 53.5 Å². The molecule has 0 saturated carbocycles. The number of carbonyl (C=O) groups is 1. The predicted molar refractivity (Wildman–Crippen MR) is 111 cm³/mol. The lowest BCUT2D eigenvalue weighted by molar-refractivity contribution is 0.0526. The zero-order valence-corrected chi connectivity index (χ0v) is 16.7. The predicted octanol–water partition coefficient (Wildman–Crippen LogP) is 4.77. The first-order chi connectivity index (χ1) is 14.0. The molecule has 0 saturated heterocycles. The Morgan fingerprint density at radius 1 is 1.14 bits per heavy atom. The molecule has 0 unspecified atom stereocenters. The van der Waals surface area contributed by atoms with Crippen molar-refractivity contribution in [2.75, 3.05) is 12.3 Å². The van der Waals surface area contributed by atoms with E-state index in [1.165, 1.54) is 12.1 Å². The molecule has 0 radical (unpaired) electrons. The monoisotopic (exact) mass is 393 g/mol. The maximum Gasteiger partial charge on any atom is 0.340 e. The van der Waals surface area contributed by atoms with Crippen LogP contribution >= 0.6 is 0 Å². The van der Waals surface area contributed by atoms with Crippen LogP contribution in [0.15, 0.2) is 24.3 Å². The van der Waals surface area contributed by atoms with Crippen molar-refractivity contribution in [2.45, 2.75) is 46.0 Å². The molecule has 0 spiro atoms. The molecule has 1 aliphatic carbocycles. The second kappa shape index (κ2) is 7.78. The Bertz CT molecular complexity index is 1090. The molecule has 29 heavy (non-hydrogen) atoms. The molecule has 1 aromatic carbocycles. The van der Waals surface area contributed by atoms with E-state index in [0.717, 1.165) is 43.4 Å². The number of aromatic nitrogens is 2. The topological polar surface area (TPSA) is 78.1 Å². The summed E-state index contributed by atoms with van der Waals surface area (Å²) in [4.78, 5) is 22.3. The quantitative estimate of drug-likeness (QED) is 0.512. The summed E-state index contributed by atoms with van der Waals surface area (Å²) in [5.41, 5.74) is 12.0. The molecule has 150 valence electrons. The van der Waals surface area contributed by atoms with Gasteiger partial charge in [0, 0.05) is 16.9 Å². The maximum atomic E-state index is 13.6. The van der Waals surface area contributed by atoms with Gasteiger partial charge < -0.3 is 10.5 Å². The van der Waals surface area contributed by atoms with Crippen LogP contribution in [0.5, 0.6) is 0 Å². The van der Waals surface area contributed by atoms with Gasteiger partial charge in [0.1, 0.15) is 5.82 Å². The fourth-order valence-corrected chi connectivity index (χ4v) is 4.14. The van der Waals surface area contributed by atoms with Gasteiger partial charge in [0.25, 0.3) is 0 Å². The molecule has 0 fully saturated rings. The van der Waals surface area contributed by atoms with E-state index in [-0.39, 0.29) is 12.4 Å². The van der Waals surface area contributed by atoms with Gasteiger partial charge in [0.2, 0.25) is 0 Å². The second-order valence-corrected chi connectivity index (χ2v) is 7.38. The summed E-state index contributed by atoms with van der Waals surface area (Å²) in [6, 6.07) is 6.05. The Labute approximate surface area is 169 Å². The third-order valence-corrected chi connectivity index (χ3v) is 5.50. The minimum absolute atomic E-state index is 0.247. The number of nitrogens with two attached hydrogens (primary N) is 1. The minimum atomic E-state index is -0.465. The van der Waals surface area contributed by atoms with Crippen molar-refractivity contribution < 1.29 is 13.9 Å². The average molecular weight is 393 g/mol. The van der Waals surface area contributed by atoms with Crippen LogP contribution in [-0.2, 0) is 17.6 Å². The molecule has 2 aromatic heterocycles. The minimum Gasteiger partial charge on any atom is -0.462 e. The van der Waals surface area contributed by atoms with Gasteiger partial charge in [0.05, 0.1) is 23.3 Å². The molecule has 0 aliphatic heterocycles. The lowest BCUT2D eigenvalue weighted by Crippen LogP contribution is -2.13. The summed E-state index contributed by atoms with van der Waals surface area (Å²) in [5, 5.41) is 0.644. The van der Waals surface area contributed by atoms with E-state index >= 15 is 0 Å². The lowest BCUT2D eigenvalue weighted by atomic mass is 9.92. The molecular weight excluding hydrogens is 369 g/mol. The number of esters is 1. The average Bonchev–Trinajstić information content (AvgIpc) is 2.93. The highest BCUT2D eigenvalue weighted by Crippen LogP contribution is 2.39. The zero-order chi connectivity index (χ0) is 20.5. The summed E-state index contributed by atoms with van der Waals surface area (Å²) < 4.78 is 18.9. The standard InChI is InChI=1S/C23H24FN3O2/c1-3-29-23(28)18-13(2)26-22-20(19(18)14-9-11-15(24)12-10-14)21(25)16-7-5-4-6-8-17(16)27-22/h9-12H,3-8H2,1-2H3,(H2,25,26,27). The van der Waals surface area contributed by atoms with Gasteiger partial charge in [-0.05, 0) is 62.8 Å². The van der Waals surface area contributed by atoms with Crippen LogP contribution in [-0.4, -0.2) is 22.5 Å². The van der Waals surface area contributed by atoms with E-state index < -0.39 is 5.97 Å². The number of rotatable bonds is 3. The van der Waals surface area contributed by atoms with Gasteiger partial charge in [-0.2, -0.15) is 0 Å². The van der Waals surface area contributed by atoms with Crippen LogP contribution in [0.2, 0.25) is 0 Å². The Kier molecular flexibility index (Phi) is 5.18. The first kappa shape index (κ1) is 19.3. The molecule has 5 nitrogen and oxygen atoms in total. The highest BCUT2D eigenvalue weighted by molar-refractivity contribution is 6.11. The molecule has 1 aliphatic rings. The molecule has 4 rings (SSSR count). The first-order valence-corrected chi connectivity index (χ1v) is 10.1. The fraction of sp³-hybridized carbons (Fsp3) is 0.348. The molecule has 0 bridgehead atoms. The van der Waals surface area contributed by atoms with E-state index in [1.807, 2.05) is 0 Å². The van der Waals surface area contributed by atoms with Gasteiger partial charge >= 0.3 is 5.97 Å². The Morgan fingerprint density at radius 2 is 1.86 bits per heavy atom. The van der Waals surface area contributed by atoms with Crippen molar-refractivity contribution in [3.05, 3.63) is 52.6 Å². The number of anilines is 1. The third-order valence-electron chi connectivity index (χ3n) is 5.50. The van der Waals surface area contributed by atoms with Crippen molar-refractivity contribution in [3.8, 4) is 11.1 Å². The van der Waals surface area contributed by atoms with Gasteiger partial charge in [-0.15, -0.1) is 0 Å². The van der Waals surface area contributed by atoms with Crippen molar-refractivity contribution in [1.29, 1.82) is 0 Å². The number of hydrogen-bond acceptors (Lipinski definition) is 5. The number of pyridine rings is 2. The summed E-state index contributed by atoms with van der Waals surface area (Å²) in [7, 11) is 0. The van der Waals surface area contributed by atoms with Crippen LogP contribution < -0.4 is 5.73 Å². The van der Waals surface area contributed by atoms with Gasteiger partial charge in [-0.3, -0.25) is 0 Å². The zero-order valence-electron chi connectivity index (χ0n) is 16.7. The summed E-state index contributed by atoms with van der Waals surface area (Å²) in [6.45, 7) is 3.77. The molecule has 0 atom stereocenters. The van der Waals surface area contributed by atoms with E-state index in [1.54, 1.807) is 26.0 Å². The van der Waals surface area contributed by atoms with Gasteiger partial charge in [-0.1, -0.05) is 18.6 Å². The molecule has 0 amide bonds. The smallest absolute Gasteiger partial charge is 0.340 e. The molecule has 3 aromatic rings. The third kappa shape index (κ3) is 3.43. The van der Waals surface area contributed by atoms with E-state index in [9.17, 15) is 9.18 Å². The number of nitrogen functional groups attached to an aromatic ring is 1. The van der Waals surface area contributed by atoms with Gasteiger partial charge in [-0.25, -0.2) is 19.2 Å². The summed E-state index contributed by atoms with van der Waals surface area (Å²) >= 11 is 0. The number of fused-ring (bicyclic) bond motifs is 2. The lowest BCUT2D eigenvalue weighted by Gasteiger charge is -2.19. The number of aryl methyl sites for hydroxylation is 2. The maximum absolute atomic E-state index is 13.6. The summed E-state index contributed by atoms with van der Waals surface area (Å²) in [5.74, 6) is -0.811. The Morgan fingerprint density at radius 3 is 2.59 bits per heavy atom.